The highest BCUT2D eigenvalue weighted by Crippen LogP contribution is 2.16. The van der Waals surface area contributed by atoms with Gasteiger partial charge in [0.25, 0.3) is 0 Å². The van der Waals surface area contributed by atoms with Gasteiger partial charge in [0.05, 0.1) is 0 Å². The topological polar surface area (TPSA) is 29.5 Å². The standard InChI is InChI=1S/C11H15NO2/c1-9(14-12(3)10(2)13)11-7-5-4-6-8-11/h4-9H,1-3H3/t9-/m0/s1. The summed E-state index contributed by atoms with van der Waals surface area (Å²) in [6, 6.07) is 9.79. The molecule has 0 heterocycles. The van der Waals surface area contributed by atoms with Gasteiger partial charge in [-0.3, -0.25) is 9.63 Å². The van der Waals surface area contributed by atoms with Crippen LogP contribution in [-0.4, -0.2) is 18.0 Å². The van der Waals surface area contributed by atoms with E-state index in [9.17, 15) is 4.79 Å². The zero-order valence-corrected chi connectivity index (χ0v) is 8.73. The molecule has 0 aliphatic carbocycles. The first-order chi connectivity index (χ1) is 6.61. The van der Waals surface area contributed by atoms with Crippen LogP contribution in [0, 0.1) is 0 Å². The second kappa shape index (κ2) is 4.77. The monoisotopic (exact) mass is 193 g/mol. The molecule has 76 valence electrons. The fourth-order valence-electron chi connectivity index (χ4n) is 1.10. The molecule has 0 saturated carbocycles. The summed E-state index contributed by atoms with van der Waals surface area (Å²) in [5.41, 5.74) is 1.06. The van der Waals surface area contributed by atoms with Crippen LogP contribution < -0.4 is 0 Å². The Bertz CT molecular complexity index is 297. The minimum absolute atomic E-state index is 0.104. The van der Waals surface area contributed by atoms with Crippen LogP contribution in [0.3, 0.4) is 0 Å². The van der Waals surface area contributed by atoms with Crippen molar-refractivity contribution in [2.45, 2.75) is 20.0 Å². The van der Waals surface area contributed by atoms with Gasteiger partial charge in [0.1, 0.15) is 6.10 Å². The van der Waals surface area contributed by atoms with E-state index in [4.69, 9.17) is 4.84 Å². The summed E-state index contributed by atoms with van der Waals surface area (Å²) < 4.78 is 0. The largest absolute Gasteiger partial charge is 0.273 e. The maximum absolute atomic E-state index is 10.9. The molecule has 0 aliphatic rings. The Morgan fingerprint density at radius 3 is 2.43 bits per heavy atom. The molecule has 0 saturated heterocycles. The molecule has 1 aromatic carbocycles. The van der Waals surface area contributed by atoms with Gasteiger partial charge in [-0.1, -0.05) is 30.3 Å². The third-order valence-corrected chi connectivity index (χ3v) is 2.03. The van der Waals surface area contributed by atoms with Gasteiger partial charge in [0, 0.05) is 14.0 Å². The molecule has 0 unspecified atom stereocenters. The van der Waals surface area contributed by atoms with Crippen molar-refractivity contribution >= 4 is 5.91 Å². The van der Waals surface area contributed by atoms with Crippen LogP contribution in [0.25, 0.3) is 0 Å². The van der Waals surface area contributed by atoms with Crippen LogP contribution in [0.5, 0.6) is 0 Å². The van der Waals surface area contributed by atoms with E-state index >= 15 is 0 Å². The maximum Gasteiger partial charge on any atom is 0.242 e. The molecule has 3 heteroatoms. The predicted octanol–water partition coefficient (Wildman–Crippen LogP) is 2.16. The Hall–Kier alpha value is -1.35. The van der Waals surface area contributed by atoms with Crippen LogP contribution in [0.4, 0.5) is 0 Å². The van der Waals surface area contributed by atoms with E-state index in [0.29, 0.717) is 0 Å². The number of carbonyl (C=O) groups is 1. The molecular weight excluding hydrogens is 178 g/mol. The smallest absolute Gasteiger partial charge is 0.242 e. The normalized spacial score (nSPS) is 12.2. The lowest BCUT2D eigenvalue weighted by molar-refractivity contribution is -0.193. The minimum Gasteiger partial charge on any atom is -0.273 e. The van der Waals surface area contributed by atoms with Gasteiger partial charge in [-0.25, -0.2) is 5.06 Å². The van der Waals surface area contributed by atoms with E-state index in [1.54, 1.807) is 7.05 Å². The Balaban J connectivity index is 2.59. The van der Waals surface area contributed by atoms with Crippen LogP contribution in [0.15, 0.2) is 30.3 Å². The number of hydrogen-bond donors (Lipinski definition) is 0. The van der Waals surface area contributed by atoms with Crippen molar-refractivity contribution in [2.75, 3.05) is 7.05 Å². The van der Waals surface area contributed by atoms with Gasteiger partial charge in [-0.2, -0.15) is 0 Å². The second-order valence-corrected chi connectivity index (χ2v) is 3.17. The van der Waals surface area contributed by atoms with E-state index in [-0.39, 0.29) is 12.0 Å². The molecule has 0 aromatic heterocycles. The summed E-state index contributed by atoms with van der Waals surface area (Å²) in [6.45, 7) is 3.38. The molecular formula is C11H15NO2. The average Bonchev–Trinajstić information content (AvgIpc) is 2.19. The summed E-state index contributed by atoms with van der Waals surface area (Å²) in [5.74, 6) is -0.104. The fraction of sp³-hybridized carbons (Fsp3) is 0.364. The molecule has 3 nitrogen and oxygen atoms in total. The van der Waals surface area contributed by atoms with Gasteiger partial charge in [-0.15, -0.1) is 0 Å². The van der Waals surface area contributed by atoms with Gasteiger partial charge < -0.3 is 0 Å². The Morgan fingerprint density at radius 2 is 1.93 bits per heavy atom. The number of hydroxylamine groups is 2. The number of hydrogen-bond acceptors (Lipinski definition) is 2. The summed E-state index contributed by atoms with van der Waals surface area (Å²) in [5, 5.41) is 1.25. The molecule has 1 rings (SSSR count). The van der Waals surface area contributed by atoms with Crippen LogP contribution in [-0.2, 0) is 9.63 Å². The van der Waals surface area contributed by atoms with E-state index in [1.807, 2.05) is 37.3 Å². The number of amides is 1. The number of nitrogens with zero attached hydrogens (tertiary/aromatic N) is 1. The average molecular weight is 193 g/mol. The lowest BCUT2D eigenvalue weighted by Crippen LogP contribution is -2.25. The molecule has 0 spiro atoms. The minimum atomic E-state index is -0.106. The fourth-order valence-corrected chi connectivity index (χ4v) is 1.10. The van der Waals surface area contributed by atoms with Crippen molar-refractivity contribution in [3.05, 3.63) is 35.9 Å². The molecule has 0 fully saturated rings. The Kier molecular flexibility index (Phi) is 3.65. The second-order valence-electron chi connectivity index (χ2n) is 3.17. The zero-order valence-electron chi connectivity index (χ0n) is 8.73. The molecule has 0 N–H and O–H groups in total. The lowest BCUT2D eigenvalue weighted by atomic mass is 10.1. The maximum atomic E-state index is 10.9. The Morgan fingerprint density at radius 1 is 1.36 bits per heavy atom. The predicted molar refractivity (Wildman–Crippen MR) is 54.4 cm³/mol. The van der Waals surface area contributed by atoms with Gasteiger partial charge in [-0.05, 0) is 12.5 Å². The van der Waals surface area contributed by atoms with Crippen LogP contribution in [0.2, 0.25) is 0 Å². The number of benzene rings is 1. The molecule has 0 bridgehead atoms. The van der Waals surface area contributed by atoms with E-state index in [2.05, 4.69) is 0 Å². The zero-order chi connectivity index (χ0) is 10.6. The lowest BCUT2D eigenvalue weighted by Gasteiger charge is -2.20. The first kappa shape index (κ1) is 10.7. The van der Waals surface area contributed by atoms with Crippen molar-refractivity contribution < 1.29 is 9.63 Å². The highest BCUT2D eigenvalue weighted by atomic mass is 16.7. The molecule has 0 radical (unpaired) electrons. The summed E-state index contributed by atoms with van der Waals surface area (Å²) in [6.07, 6.45) is -0.106. The number of carbonyl (C=O) groups excluding carboxylic acids is 1. The molecule has 0 aliphatic heterocycles. The first-order valence-corrected chi connectivity index (χ1v) is 4.57. The van der Waals surface area contributed by atoms with Crippen molar-refractivity contribution in [1.29, 1.82) is 0 Å². The molecule has 1 atom stereocenters. The van der Waals surface area contributed by atoms with Crippen molar-refractivity contribution in [1.82, 2.24) is 5.06 Å². The van der Waals surface area contributed by atoms with Gasteiger partial charge in [0.2, 0.25) is 5.91 Å². The summed E-state index contributed by atoms with van der Waals surface area (Å²) in [4.78, 5) is 16.3. The SMILES string of the molecule is CC(=O)N(C)O[C@@H](C)c1ccccc1. The van der Waals surface area contributed by atoms with Crippen molar-refractivity contribution in [3.8, 4) is 0 Å². The Labute approximate surface area is 84.2 Å². The first-order valence-electron chi connectivity index (χ1n) is 4.57. The highest BCUT2D eigenvalue weighted by molar-refractivity contribution is 5.71. The quantitative estimate of drug-likeness (QED) is 0.688. The van der Waals surface area contributed by atoms with E-state index in [1.165, 1.54) is 12.0 Å². The van der Waals surface area contributed by atoms with Crippen LogP contribution >= 0.6 is 0 Å². The van der Waals surface area contributed by atoms with Gasteiger partial charge in [0.15, 0.2) is 0 Å². The molecule has 1 aromatic rings. The van der Waals surface area contributed by atoms with Crippen molar-refractivity contribution in [3.63, 3.8) is 0 Å². The van der Waals surface area contributed by atoms with Gasteiger partial charge >= 0.3 is 0 Å². The third-order valence-electron chi connectivity index (χ3n) is 2.03. The van der Waals surface area contributed by atoms with Crippen LogP contribution in [0.1, 0.15) is 25.5 Å². The van der Waals surface area contributed by atoms with Crippen molar-refractivity contribution in [2.24, 2.45) is 0 Å². The van der Waals surface area contributed by atoms with E-state index < -0.39 is 0 Å². The highest BCUT2D eigenvalue weighted by Gasteiger charge is 2.10. The number of rotatable bonds is 3. The molecule has 14 heavy (non-hydrogen) atoms. The third kappa shape index (κ3) is 2.85. The summed E-state index contributed by atoms with van der Waals surface area (Å²) in [7, 11) is 1.61. The van der Waals surface area contributed by atoms with E-state index in [0.717, 1.165) is 5.56 Å². The molecule has 1 amide bonds. The summed E-state index contributed by atoms with van der Waals surface area (Å²) >= 11 is 0.